The predicted molar refractivity (Wildman–Crippen MR) is 87.1 cm³/mol. The molecular weight excluding hydrogens is 246 g/mol. The van der Waals surface area contributed by atoms with Gasteiger partial charge in [-0.05, 0) is 37.8 Å². The molecule has 0 radical (unpaired) electrons. The smallest absolute Gasteiger partial charge is 0.0949 e. The summed E-state index contributed by atoms with van der Waals surface area (Å²) in [6.07, 6.45) is 3.80. The van der Waals surface area contributed by atoms with E-state index in [1.54, 1.807) is 0 Å². The third-order valence-corrected chi connectivity index (χ3v) is 3.57. The molecule has 0 heterocycles. The quantitative estimate of drug-likeness (QED) is 0.636. The molecule has 2 nitrogen and oxygen atoms in total. The van der Waals surface area contributed by atoms with Crippen LogP contribution < -0.4 is 5.32 Å². The van der Waals surface area contributed by atoms with Gasteiger partial charge in [0, 0.05) is 6.54 Å². The molecule has 0 bridgehead atoms. The normalized spacial score (nSPS) is 14.2. The van der Waals surface area contributed by atoms with Crippen LogP contribution in [0.1, 0.15) is 57.3 Å². The lowest BCUT2D eigenvalue weighted by Gasteiger charge is -2.21. The van der Waals surface area contributed by atoms with Crippen LogP contribution in [0.15, 0.2) is 24.3 Å². The minimum atomic E-state index is 0.168. The maximum absolute atomic E-state index is 6.17. The standard InChI is InChI=1S/C18H31NO/c1-5-7-16(4)14-20-18(13-19-12-6-2)17-10-8-15(3)9-11-17/h8-11,16,18-19H,5-7,12-14H2,1-4H3. The highest BCUT2D eigenvalue weighted by Crippen LogP contribution is 2.19. The average molecular weight is 277 g/mol. The molecule has 114 valence electrons. The van der Waals surface area contributed by atoms with Crippen molar-refractivity contribution in [3.05, 3.63) is 35.4 Å². The monoisotopic (exact) mass is 277 g/mol. The summed E-state index contributed by atoms with van der Waals surface area (Å²) in [6.45, 7) is 11.6. The lowest BCUT2D eigenvalue weighted by Crippen LogP contribution is -2.25. The molecule has 2 heteroatoms. The van der Waals surface area contributed by atoms with Gasteiger partial charge >= 0.3 is 0 Å². The topological polar surface area (TPSA) is 21.3 Å². The van der Waals surface area contributed by atoms with Crippen LogP contribution in [0.4, 0.5) is 0 Å². The Kier molecular flexibility index (Phi) is 8.56. The lowest BCUT2D eigenvalue weighted by molar-refractivity contribution is 0.0300. The van der Waals surface area contributed by atoms with Gasteiger partial charge in [0.05, 0.1) is 12.7 Å². The molecule has 0 aliphatic heterocycles. The highest BCUT2D eigenvalue weighted by atomic mass is 16.5. The Bertz CT molecular complexity index is 347. The van der Waals surface area contributed by atoms with Crippen LogP contribution in [-0.4, -0.2) is 19.7 Å². The number of benzene rings is 1. The van der Waals surface area contributed by atoms with E-state index in [1.165, 1.54) is 24.0 Å². The van der Waals surface area contributed by atoms with Gasteiger partial charge in [-0.2, -0.15) is 0 Å². The summed E-state index contributed by atoms with van der Waals surface area (Å²) in [5.41, 5.74) is 2.58. The third kappa shape index (κ3) is 6.53. The van der Waals surface area contributed by atoms with Gasteiger partial charge in [0.1, 0.15) is 0 Å². The third-order valence-electron chi connectivity index (χ3n) is 3.57. The van der Waals surface area contributed by atoms with Gasteiger partial charge in [0.2, 0.25) is 0 Å². The lowest BCUT2D eigenvalue weighted by atomic mass is 10.1. The van der Waals surface area contributed by atoms with E-state index in [9.17, 15) is 0 Å². The van der Waals surface area contributed by atoms with Crippen LogP contribution in [0.25, 0.3) is 0 Å². The Morgan fingerprint density at radius 3 is 2.40 bits per heavy atom. The molecular formula is C18H31NO. The molecule has 1 aromatic rings. The fourth-order valence-electron chi connectivity index (χ4n) is 2.32. The van der Waals surface area contributed by atoms with Crippen LogP contribution in [0.2, 0.25) is 0 Å². The van der Waals surface area contributed by atoms with E-state index < -0.39 is 0 Å². The van der Waals surface area contributed by atoms with Crippen molar-refractivity contribution in [3.63, 3.8) is 0 Å². The minimum absolute atomic E-state index is 0.168. The van der Waals surface area contributed by atoms with E-state index in [2.05, 4.69) is 57.3 Å². The van der Waals surface area contributed by atoms with Gasteiger partial charge in [-0.15, -0.1) is 0 Å². The summed E-state index contributed by atoms with van der Waals surface area (Å²) in [4.78, 5) is 0. The molecule has 1 N–H and O–H groups in total. The van der Waals surface area contributed by atoms with Gasteiger partial charge in [0.15, 0.2) is 0 Å². The van der Waals surface area contributed by atoms with Crippen molar-refractivity contribution < 1.29 is 4.74 Å². The van der Waals surface area contributed by atoms with Gasteiger partial charge < -0.3 is 10.1 Å². The zero-order chi connectivity index (χ0) is 14.8. The molecule has 0 fully saturated rings. The summed E-state index contributed by atoms with van der Waals surface area (Å²) < 4.78 is 6.17. The predicted octanol–water partition coefficient (Wildman–Crippen LogP) is 4.49. The molecule has 20 heavy (non-hydrogen) atoms. The zero-order valence-electron chi connectivity index (χ0n) is 13.6. The molecule has 1 aromatic carbocycles. The largest absolute Gasteiger partial charge is 0.372 e. The molecule has 0 saturated carbocycles. The summed E-state index contributed by atoms with van der Waals surface area (Å²) in [6, 6.07) is 8.72. The van der Waals surface area contributed by atoms with Crippen molar-refractivity contribution in [3.8, 4) is 0 Å². The second kappa shape index (κ2) is 9.95. The number of aryl methyl sites for hydroxylation is 1. The number of hydrogen-bond acceptors (Lipinski definition) is 2. The molecule has 0 amide bonds. The van der Waals surface area contributed by atoms with Gasteiger partial charge in [-0.1, -0.05) is 57.0 Å². The summed E-state index contributed by atoms with van der Waals surface area (Å²) >= 11 is 0. The Morgan fingerprint density at radius 2 is 1.80 bits per heavy atom. The van der Waals surface area contributed by atoms with Crippen LogP contribution >= 0.6 is 0 Å². The van der Waals surface area contributed by atoms with E-state index in [0.29, 0.717) is 5.92 Å². The van der Waals surface area contributed by atoms with E-state index >= 15 is 0 Å². The van der Waals surface area contributed by atoms with Crippen molar-refractivity contribution in [1.82, 2.24) is 5.32 Å². The van der Waals surface area contributed by atoms with Crippen LogP contribution in [0.3, 0.4) is 0 Å². The Balaban J connectivity index is 2.57. The van der Waals surface area contributed by atoms with Crippen LogP contribution in [-0.2, 0) is 4.74 Å². The second-order valence-electron chi connectivity index (χ2n) is 5.83. The first-order valence-corrected chi connectivity index (χ1v) is 8.06. The van der Waals surface area contributed by atoms with Gasteiger partial charge in [-0.25, -0.2) is 0 Å². The Morgan fingerprint density at radius 1 is 1.10 bits per heavy atom. The van der Waals surface area contributed by atoms with Gasteiger partial charge in [0.25, 0.3) is 0 Å². The average Bonchev–Trinajstić information content (AvgIpc) is 2.44. The summed E-state index contributed by atoms with van der Waals surface area (Å²) in [7, 11) is 0. The fourth-order valence-corrected chi connectivity index (χ4v) is 2.32. The Labute approximate surface area is 124 Å². The first-order valence-electron chi connectivity index (χ1n) is 8.06. The minimum Gasteiger partial charge on any atom is -0.372 e. The van der Waals surface area contributed by atoms with E-state index in [4.69, 9.17) is 4.74 Å². The summed E-state index contributed by atoms with van der Waals surface area (Å²) in [5.74, 6) is 0.638. The van der Waals surface area contributed by atoms with Crippen LogP contribution in [0.5, 0.6) is 0 Å². The number of rotatable bonds is 10. The van der Waals surface area contributed by atoms with Gasteiger partial charge in [-0.3, -0.25) is 0 Å². The van der Waals surface area contributed by atoms with E-state index in [0.717, 1.165) is 26.1 Å². The zero-order valence-corrected chi connectivity index (χ0v) is 13.6. The van der Waals surface area contributed by atoms with Crippen molar-refractivity contribution in [2.75, 3.05) is 19.7 Å². The van der Waals surface area contributed by atoms with Crippen molar-refractivity contribution in [2.24, 2.45) is 5.92 Å². The van der Waals surface area contributed by atoms with E-state index in [1.807, 2.05) is 0 Å². The fraction of sp³-hybridized carbons (Fsp3) is 0.667. The number of ether oxygens (including phenoxy) is 1. The molecule has 0 aliphatic rings. The van der Waals surface area contributed by atoms with E-state index in [-0.39, 0.29) is 6.10 Å². The van der Waals surface area contributed by atoms with Crippen molar-refractivity contribution in [2.45, 2.75) is 53.1 Å². The highest BCUT2D eigenvalue weighted by molar-refractivity contribution is 5.23. The second-order valence-corrected chi connectivity index (χ2v) is 5.83. The molecule has 0 aliphatic carbocycles. The highest BCUT2D eigenvalue weighted by Gasteiger charge is 2.13. The molecule has 2 unspecified atom stereocenters. The SMILES string of the molecule is CCCNCC(OCC(C)CCC)c1ccc(C)cc1. The van der Waals surface area contributed by atoms with Crippen molar-refractivity contribution in [1.29, 1.82) is 0 Å². The first-order chi connectivity index (χ1) is 9.67. The molecule has 2 atom stereocenters. The molecule has 1 rings (SSSR count). The molecule has 0 saturated heterocycles. The number of nitrogens with one attached hydrogen (secondary N) is 1. The maximum Gasteiger partial charge on any atom is 0.0949 e. The number of hydrogen-bond donors (Lipinski definition) is 1. The molecule has 0 spiro atoms. The van der Waals surface area contributed by atoms with Crippen molar-refractivity contribution >= 4 is 0 Å². The maximum atomic E-state index is 6.17. The van der Waals surface area contributed by atoms with Crippen LogP contribution in [0, 0.1) is 12.8 Å². The first kappa shape index (κ1) is 17.2. The summed E-state index contributed by atoms with van der Waals surface area (Å²) in [5, 5.41) is 3.48. The Hall–Kier alpha value is -0.860. The molecule has 0 aromatic heterocycles.